The molecular weight excluding hydrogens is 295 g/mol. The van der Waals surface area contributed by atoms with Crippen molar-refractivity contribution in [3.8, 4) is 5.88 Å². The predicted molar refractivity (Wildman–Crippen MR) is 77.1 cm³/mol. The summed E-state index contributed by atoms with van der Waals surface area (Å²) >= 11 is 5.79. The Morgan fingerprint density at radius 2 is 2.10 bits per heavy atom. The van der Waals surface area contributed by atoms with Crippen LogP contribution in [0, 0.1) is 5.82 Å². The van der Waals surface area contributed by atoms with Crippen LogP contribution in [0.25, 0.3) is 0 Å². The van der Waals surface area contributed by atoms with Crippen LogP contribution in [-0.4, -0.2) is 34.1 Å². The van der Waals surface area contributed by atoms with E-state index >= 15 is 0 Å². The van der Waals surface area contributed by atoms with E-state index in [2.05, 4.69) is 15.0 Å². The fraction of sp³-hybridized carbons (Fsp3) is 0.357. The van der Waals surface area contributed by atoms with E-state index in [1.807, 2.05) is 4.90 Å². The monoisotopic (exact) mass is 308 g/mol. The van der Waals surface area contributed by atoms with Gasteiger partial charge in [0.1, 0.15) is 6.10 Å². The predicted octanol–water partition coefficient (Wildman–Crippen LogP) is 2.71. The number of aromatic nitrogens is 3. The Hall–Kier alpha value is -1.95. The molecule has 1 fully saturated rings. The number of anilines is 1. The summed E-state index contributed by atoms with van der Waals surface area (Å²) in [4.78, 5) is 14.3. The van der Waals surface area contributed by atoms with E-state index < -0.39 is 5.82 Å². The van der Waals surface area contributed by atoms with Crippen molar-refractivity contribution in [3.63, 3.8) is 0 Å². The van der Waals surface area contributed by atoms with Crippen molar-refractivity contribution in [2.45, 2.75) is 18.9 Å². The van der Waals surface area contributed by atoms with E-state index in [9.17, 15) is 4.39 Å². The van der Waals surface area contributed by atoms with Crippen LogP contribution >= 0.6 is 11.6 Å². The maximum Gasteiger partial charge on any atom is 0.250 e. The lowest BCUT2D eigenvalue weighted by Crippen LogP contribution is -2.42. The van der Waals surface area contributed by atoms with Gasteiger partial charge in [0.25, 0.3) is 5.88 Å². The van der Waals surface area contributed by atoms with Gasteiger partial charge in [-0.1, -0.05) is 11.6 Å². The highest BCUT2D eigenvalue weighted by molar-refractivity contribution is 6.30. The second kappa shape index (κ2) is 6.22. The Bertz CT molecular complexity index is 610. The highest BCUT2D eigenvalue weighted by Gasteiger charge is 2.24. The molecule has 0 saturated carbocycles. The van der Waals surface area contributed by atoms with Crippen LogP contribution in [0.2, 0.25) is 5.02 Å². The first kappa shape index (κ1) is 14.0. The minimum absolute atomic E-state index is 0.0429. The lowest BCUT2D eigenvalue weighted by molar-refractivity contribution is 0.164. The zero-order chi connectivity index (χ0) is 14.7. The normalized spacial score (nSPS) is 18.6. The number of hydrogen-bond acceptors (Lipinski definition) is 5. The summed E-state index contributed by atoms with van der Waals surface area (Å²) in [6.07, 6.45) is 6.27. The summed E-state index contributed by atoms with van der Waals surface area (Å²) in [6, 6.07) is 2.88. The van der Waals surface area contributed by atoms with Crippen LogP contribution in [0.4, 0.5) is 10.3 Å². The third-order valence-corrected chi connectivity index (χ3v) is 3.47. The third kappa shape index (κ3) is 3.39. The SMILES string of the molecule is Fc1cccnc1OC1CCCN(c2ncc(Cl)cn2)C1. The smallest absolute Gasteiger partial charge is 0.250 e. The fourth-order valence-electron chi connectivity index (χ4n) is 2.30. The van der Waals surface area contributed by atoms with Crippen molar-refractivity contribution in [2.75, 3.05) is 18.0 Å². The first-order valence-corrected chi connectivity index (χ1v) is 7.10. The Labute approximate surface area is 126 Å². The van der Waals surface area contributed by atoms with E-state index in [1.54, 1.807) is 12.4 Å². The number of rotatable bonds is 3. The van der Waals surface area contributed by atoms with Gasteiger partial charge >= 0.3 is 0 Å². The second-order valence-electron chi connectivity index (χ2n) is 4.82. The zero-order valence-electron chi connectivity index (χ0n) is 11.2. The summed E-state index contributed by atoms with van der Waals surface area (Å²) in [6.45, 7) is 1.43. The van der Waals surface area contributed by atoms with Crippen molar-refractivity contribution in [2.24, 2.45) is 0 Å². The van der Waals surface area contributed by atoms with Gasteiger partial charge in [-0.25, -0.2) is 19.3 Å². The maximum absolute atomic E-state index is 13.6. The molecule has 1 aliphatic heterocycles. The van der Waals surface area contributed by atoms with Gasteiger partial charge in [-0.15, -0.1) is 0 Å². The molecule has 0 N–H and O–H groups in total. The fourth-order valence-corrected chi connectivity index (χ4v) is 2.40. The molecule has 110 valence electrons. The van der Waals surface area contributed by atoms with Crippen molar-refractivity contribution in [1.82, 2.24) is 15.0 Å². The Morgan fingerprint density at radius 1 is 1.29 bits per heavy atom. The van der Waals surface area contributed by atoms with Gasteiger partial charge in [-0.3, -0.25) is 0 Å². The quantitative estimate of drug-likeness (QED) is 0.872. The van der Waals surface area contributed by atoms with E-state index in [-0.39, 0.29) is 12.0 Å². The highest BCUT2D eigenvalue weighted by atomic mass is 35.5. The molecule has 3 heterocycles. The molecule has 0 aliphatic carbocycles. The van der Waals surface area contributed by atoms with Crippen LogP contribution in [0.15, 0.2) is 30.7 Å². The molecule has 5 nitrogen and oxygen atoms in total. The molecule has 1 unspecified atom stereocenters. The summed E-state index contributed by atoms with van der Waals surface area (Å²) in [5.41, 5.74) is 0. The van der Waals surface area contributed by atoms with E-state index in [0.29, 0.717) is 17.5 Å². The molecule has 1 atom stereocenters. The van der Waals surface area contributed by atoms with Gasteiger partial charge in [0.05, 0.1) is 24.0 Å². The largest absolute Gasteiger partial charge is 0.470 e. The van der Waals surface area contributed by atoms with Crippen LogP contribution in [0.1, 0.15) is 12.8 Å². The van der Waals surface area contributed by atoms with Crippen molar-refractivity contribution >= 4 is 17.5 Å². The van der Waals surface area contributed by atoms with E-state index in [1.165, 1.54) is 18.3 Å². The number of piperidine rings is 1. The molecule has 0 amide bonds. The average Bonchev–Trinajstić information content (AvgIpc) is 2.51. The number of ether oxygens (including phenoxy) is 1. The molecule has 2 aromatic rings. The molecule has 2 aromatic heterocycles. The standard InChI is InChI=1S/C14H14ClFN4O/c15-10-7-18-14(19-8-10)20-6-2-3-11(9-20)21-13-12(16)4-1-5-17-13/h1,4-5,7-8,11H,2-3,6,9H2. The third-order valence-electron chi connectivity index (χ3n) is 3.27. The van der Waals surface area contributed by atoms with Crippen molar-refractivity contribution < 1.29 is 9.13 Å². The molecule has 3 rings (SSSR count). The van der Waals surface area contributed by atoms with E-state index in [4.69, 9.17) is 16.3 Å². The minimum Gasteiger partial charge on any atom is -0.470 e. The topological polar surface area (TPSA) is 51.1 Å². The molecular formula is C14H14ClFN4O. The average molecular weight is 309 g/mol. The zero-order valence-corrected chi connectivity index (χ0v) is 12.0. The summed E-state index contributed by atoms with van der Waals surface area (Å²) in [5, 5.41) is 0.499. The molecule has 0 spiro atoms. The molecule has 1 aliphatic rings. The van der Waals surface area contributed by atoms with Crippen LogP contribution in [0.5, 0.6) is 5.88 Å². The van der Waals surface area contributed by atoms with Crippen LogP contribution < -0.4 is 9.64 Å². The number of pyridine rings is 1. The van der Waals surface area contributed by atoms with Gasteiger partial charge < -0.3 is 9.64 Å². The minimum atomic E-state index is -0.447. The van der Waals surface area contributed by atoms with Gasteiger partial charge in [-0.05, 0) is 25.0 Å². The molecule has 0 radical (unpaired) electrons. The highest BCUT2D eigenvalue weighted by Crippen LogP contribution is 2.21. The number of hydrogen-bond donors (Lipinski definition) is 0. The Balaban J connectivity index is 1.68. The second-order valence-corrected chi connectivity index (χ2v) is 5.26. The first-order valence-electron chi connectivity index (χ1n) is 6.72. The van der Waals surface area contributed by atoms with Crippen LogP contribution in [0.3, 0.4) is 0 Å². The molecule has 7 heteroatoms. The molecule has 21 heavy (non-hydrogen) atoms. The van der Waals surface area contributed by atoms with Crippen LogP contribution in [-0.2, 0) is 0 Å². The summed E-state index contributed by atoms with van der Waals surface area (Å²) < 4.78 is 19.2. The maximum atomic E-state index is 13.6. The first-order chi connectivity index (χ1) is 10.2. The van der Waals surface area contributed by atoms with Gasteiger partial charge in [0.2, 0.25) is 5.95 Å². The van der Waals surface area contributed by atoms with Crippen molar-refractivity contribution in [1.29, 1.82) is 0 Å². The summed E-state index contributed by atoms with van der Waals surface area (Å²) in [5.74, 6) is 0.202. The molecule has 0 bridgehead atoms. The molecule has 0 aromatic carbocycles. The van der Waals surface area contributed by atoms with Crippen molar-refractivity contribution in [3.05, 3.63) is 41.6 Å². The molecule has 1 saturated heterocycles. The van der Waals surface area contributed by atoms with Gasteiger partial charge in [-0.2, -0.15) is 0 Å². The van der Waals surface area contributed by atoms with E-state index in [0.717, 1.165) is 19.4 Å². The number of halogens is 2. The Morgan fingerprint density at radius 3 is 2.86 bits per heavy atom. The van der Waals surface area contributed by atoms with Gasteiger partial charge in [0, 0.05) is 12.7 Å². The van der Waals surface area contributed by atoms with Gasteiger partial charge in [0.15, 0.2) is 5.82 Å². The lowest BCUT2D eigenvalue weighted by Gasteiger charge is -2.32. The Kier molecular flexibility index (Phi) is 4.15. The lowest BCUT2D eigenvalue weighted by atomic mass is 10.1. The number of nitrogens with zero attached hydrogens (tertiary/aromatic N) is 4. The summed E-state index contributed by atoms with van der Waals surface area (Å²) in [7, 11) is 0.